The van der Waals surface area contributed by atoms with Crippen molar-refractivity contribution in [2.45, 2.75) is 36.1 Å². The Morgan fingerprint density at radius 3 is 2.29 bits per heavy atom. The first-order valence-electron chi connectivity index (χ1n) is 5.83. The van der Waals surface area contributed by atoms with Crippen molar-refractivity contribution in [1.82, 2.24) is 0 Å². The van der Waals surface area contributed by atoms with Gasteiger partial charge < -0.3 is 0 Å². The van der Waals surface area contributed by atoms with Gasteiger partial charge in [0.15, 0.2) is 0 Å². The van der Waals surface area contributed by atoms with E-state index >= 15 is 0 Å². The Hall–Kier alpha value is -0.730. The standard InChI is InChI=1S/C15H18S2/c1-15(2,3)13-9-10-14(17-13)16-11-12-7-5-4-6-8-12/h4-10H,11H2,1-3H3. The van der Waals surface area contributed by atoms with Crippen LogP contribution in [-0.4, -0.2) is 0 Å². The van der Waals surface area contributed by atoms with Crippen LogP contribution in [0.5, 0.6) is 0 Å². The van der Waals surface area contributed by atoms with E-state index in [4.69, 9.17) is 0 Å². The fourth-order valence-electron chi connectivity index (χ4n) is 1.53. The molecule has 0 amide bonds. The summed E-state index contributed by atoms with van der Waals surface area (Å²) in [5, 5.41) is 0. The fraction of sp³-hybridized carbons (Fsp3) is 0.333. The van der Waals surface area contributed by atoms with Gasteiger partial charge in [-0.3, -0.25) is 0 Å². The van der Waals surface area contributed by atoms with E-state index in [1.165, 1.54) is 14.6 Å². The molecule has 17 heavy (non-hydrogen) atoms. The Balaban J connectivity index is 1.99. The Labute approximate surface area is 112 Å². The van der Waals surface area contributed by atoms with E-state index in [-0.39, 0.29) is 5.41 Å². The predicted molar refractivity (Wildman–Crippen MR) is 79.0 cm³/mol. The van der Waals surface area contributed by atoms with Crippen LogP contribution in [-0.2, 0) is 11.2 Å². The third-order valence-corrected chi connectivity index (χ3v) is 5.35. The highest BCUT2D eigenvalue weighted by molar-refractivity contribution is 8.00. The maximum absolute atomic E-state index is 2.27. The van der Waals surface area contributed by atoms with Crippen molar-refractivity contribution in [3.63, 3.8) is 0 Å². The van der Waals surface area contributed by atoms with Crippen LogP contribution in [0, 0.1) is 0 Å². The van der Waals surface area contributed by atoms with Crippen molar-refractivity contribution < 1.29 is 0 Å². The lowest BCUT2D eigenvalue weighted by molar-refractivity contribution is 0.604. The number of thiophene rings is 1. The lowest BCUT2D eigenvalue weighted by atomic mass is 9.95. The van der Waals surface area contributed by atoms with Gasteiger partial charge in [-0.1, -0.05) is 51.1 Å². The zero-order valence-electron chi connectivity index (χ0n) is 10.6. The molecule has 0 bridgehead atoms. The summed E-state index contributed by atoms with van der Waals surface area (Å²) >= 11 is 3.85. The molecule has 1 heterocycles. The molecule has 0 unspecified atom stereocenters. The van der Waals surface area contributed by atoms with E-state index in [9.17, 15) is 0 Å². The molecular weight excluding hydrogens is 244 g/mol. The Kier molecular flexibility index (Phi) is 3.95. The monoisotopic (exact) mass is 262 g/mol. The molecule has 0 N–H and O–H groups in total. The molecule has 0 saturated carbocycles. The van der Waals surface area contributed by atoms with E-state index in [2.05, 4.69) is 63.2 Å². The first-order chi connectivity index (χ1) is 8.05. The normalized spacial score (nSPS) is 11.7. The number of benzene rings is 1. The van der Waals surface area contributed by atoms with E-state index < -0.39 is 0 Å². The summed E-state index contributed by atoms with van der Waals surface area (Å²) in [5.41, 5.74) is 1.67. The first kappa shape index (κ1) is 12.7. The molecule has 2 aromatic rings. The Bertz CT molecular complexity index is 463. The fourth-order valence-corrected chi connectivity index (χ4v) is 3.67. The van der Waals surface area contributed by atoms with Gasteiger partial charge >= 0.3 is 0 Å². The number of rotatable bonds is 3. The van der Waals surface area contributed by atoms with Crippen molar-refractivity contribution in [3.05, 3.63) is 52.9 Å². The summed E-state index contributed by atoms with van der Waals surface area (Å²) in [7, 11) is 0. The molecular formula is C15H18S2. The van der Waals surface area contributed by atoms with Crippen LogP contribution in [0.2, 0.25) is 0 Å². The van der Waals surface area contributed by atoms with Crippen molar-refractivity contribution in [2.75, 3.05) is 0 Å². The lowest BCUT2D eigenvalue weighted by Gasteiger charge is -2.15. The Morgan fingerprint density at radius 2 is 1.71 bits per heavy atom. The van der Waals surface area contributed by atoms with Crippen LogP contribution in [0.15, 0.2) is 46.7 Å². The molecule has 0 radical (unpaired) electrons. The van der Waals surface area contributed by atoms with E-state index in [1.54, 1.807) is 0 Å². The van der Waals surface area contributed by atoms with E-state index in [0.29, 0.717) is 0 Å². The maximum Gasteiger partial charge on any atom is 0.0604 e. The molecule has 0 atom stereocenters. The molecule has 0 aliphatic rings. The second kappa shape index (κ2) is 5.28. The van der Waals surface area contributed by atoms with Crippen molar-refractivity contribution in [3.8, 4) is 0 Å². The van der Waals surface area contributed by atoms with Crippen LogP contribution < -0.4 is 0 Å². The van der Waals surface area contributed by atoms with Crippen molar-refractivity contribution >= 4 is 23.1 Å². The average Bonchev–Trinajstić information content (AvgIpc) is 2.76. The molecule has 0 nitrogen and oxygen atoms in total. The van der Waals surface area contributed by atoms with Gasteiger partial charge in [0.2, 0.25) is 0 Å². The smallest absolute Gasteiger partial charge is 0.0604 e. The maximum atomic E-state index is 2.27. The number of thioether (sulfide) groups is 1. The zero-order valence-corrected chi connectivity index (χ0v) is 12.2. The average molecular weight is 262 g/mol. The summed E-state index contributed by atoms with van der Waals surface area (Å²) in [5.74, 6) is 1.06. The lowest BCUT2D eigenvalue weighted by Crippen LogP contribution is -2.07. The molecule has 0 fully saturated rings. The zero-order chi connectivity index (χ0) is 12.3. The summed E-state index contributed by atoms with van der Waals surface area (Å²) in [4.78, 5) is 1.47. The van der Waals surface area contributed by atoms with Gasteiger partial charge in [0, 0.05) is 10.6 Å². The molecule has 90 valence electrons. The topological polar surface area (TPSA) is 0 Å². The molecule has 1 aromatic heterocycles. The quantitative estimate of drug-likeness (QED) is 0.673. The summed E-state index contributed by atoms with van der Waals surface area (Å²) in [6.45, 7) is 6.80. The molecule has 1 aromatic carbocycles. The minimum absolute atomic E-state index is 0.274. The summed E-state index contributed by atoms with van der Waals surface area (Å²) < 4.78 is 1.42. The number of hydrogen-bond donors (Lipinski definition) is 0. The van der Waals surface area contributed by atoms with E-state index in [0.717, 1.165) is 5.75 Å². The predicted octanol–water partition coefficient (Wildman–Crippen LogP) is 5.34. The molecule has 0 spiro atoms. The number of hydrogen-bond acceptors (Lipinski definition) is 2. The van der Waals surface area contributed by atoms with Crippen LogP contribution in [0.25, 0.3) is 0 Å². The summed E-state index contributed by atoms with van der Waals surface area (Å²) in [6.07, 6.45) is 0. The van der Waals surface area contributed by atoms with Crippen LogP contribution >= 0.6 is 23.1 Å². The van der Waals surface area contributed by atoms with Crippen molar-refractivity contribution in [1.29, 1.82) is 0 Å². The third kappa shape index (κ3) is 3.62. The van der Waals surface area contributed by atoms with Crippen LogP contribution in [0.1, 0.15) is 31.2 Å². The minimum atomic E-state index is 0.274. The molecule has 0 aliphatic carbocycles. The molecule has 2 rings (SSSR count). The van der Waals surface area contributed by atoms with Gasteiger partial charge in [0.25, 0.3) is 0 Å². The summed E-state index contributed by atoms with van der Waals surface area (Å²) in [6, 6.07) is 15.2. The van der Waals surface area contributed by atoms with Gasteiger partial charge in [-0.15, -0.1) is 23.1 Å². The van der Waals surface area contributed by atoms with Gasteiger partial charge in [0.1, 0.15) is 0 Å². The minimum Gasteiger partial charge on any atom is -0.133 e. The van der Waals surface area contributed by atoms with Crippen LogP contribution in [0.4, 0.5) is 0 Å². The second-order valence-electron chi connectivity index (χ2n) is 5.14. The molecule has 2 heteroatoms. The highest BCUT2D eigenvalue weighted by Gasteiger charge is 2.15. The second-order valence-corrected chi connectivity index (χ2v) is 7.50. The van der Waals surface area contributed by atoms with Crippen LogP contribution in [0.3, 0.4) is 0 Å². The highest BCUT2D eigenvalue weighted by Crippen LogP contribution is 2.35. The van der Waals surface area contributed by atoms with Gasteiger partial charge in [0.05, 0.1) is 4.21 Å². The molecule has 0 aliphatic heterocycles. The SMILES string of the molecule is CC(C)(C)c1ccc(SCc2ccccc2)s1. The van der Waals surface area contributed by atoms with Gasteiger partial charge in [-0.2, -0.15) is 0 Å². The Morgan fingerprint density at radius 1 is 1.00 bits per heavy atom. The van der Waals surface area contributed by atoms with Crippen molar-refractivity contribution in [2.24, 2.45) is 0 Å². The van der Waals surface area contributed by atoms with E-state index in [1.807, 2.05) is 23.1 Å². The first-order valence-corrected chi connectivity index (χ1v) is 7.63. The van der Waals surface area contributed by atoms with Gasteiger partial charge in [-0.25, -0.2) is 0 Å². The third-order valence-electron chi connectivity index (χ3n) is 2.54. The largest absolute Gasteiger partial charge is 0.133 e. The highest BCUT2D eigenvalue weighted by atomic mass is 32.2. The van der Waals surface area contributed by atoms with Gasteiger partial charge in [-0.05, 0) is 23.1 Å². The molecule has 0 saturated heterocycles.